The molecule has 0 bridgehead atoms. The van der Waals surface area contributed by atoms with Crippen LogP contribution in [0.2, 0.25) is 0 Å². The van der Waals surface area contributed by atoms with Gasteiger partial charge in [-0.1, -0.05) is 0 Å². The van der Waals surface area contributed by atoms with E-state index in [-0.39, 0.29) is 12.2 Å². The summed E-state index contributed by atoms with van der Waals surface area (Å²) in [5.41, 5.74) is -0.354. The number of sulfonamides is 1. The van der Waals surface area contributed by atoms with Gasteiger partial charge in [-0.05, 0) is 12.1 Å². The van der Waals surface area contributed by atoms with E-state index in [1.807, 2.05) is 0 Å². The number of piperazine rings is 1. The molecule has 1 fully saturated rings. The van der Waals surface area contributed by atoms with Crippen LogP contribution in [0.1, 0.15) is 5.69 Å². The SMILES string of the molecule is N#Cc1ncccc1S(=O)(=O)N1CC(=O)NCC1C(=O)O. The third-order valence-electron chi connectivity index (χ3n) is 2.89. The van der Waals surface area contributed by atoms with Gasteiger partial charge in [0.25, 0.3) is 0 Å². The van der Waals surface area contributed by atoms with Crippen LogP contribution in [0.4, 0.5) is 0 Å². The number of hydrogen-bond acceptors (Lipinski definition) is 6. The summed E-state index contributed by atoms with van der Waals surface area (Å²) in [6.45, 7) is -0.964. The lowest BCUT2D eigenvalue weighted by molar-refractivity contribution is -0.143. The minimum Gasteiger partial charge on any atom is -0.480 e. The van der Waals surface area contributed by atoms with E-state index >= 15 is 0 Å². The van der Waals surface area contributed by atoms with Gasteiger partial charge in [0.15, 0.2) is 5.69 Å². The summed E-state index contributed by atoms with van der Waals surface area (Å²) in [5.74, 6) is -2.00. The summed E-state index contributed by atoms with van der Waals surface area (Å²) < 4.78 is 25.6. The number of nitriles is 1. The molecule has 1 unspecified atom stereocenters. The van der Waals surface area contributed by atoms with Gasteiger partial charge in [-0.25, -0.2) is 13.4 Å². The number of amides is 1. The largest absolute Gasteiger partial charge is 0.480 e. The number of rotatable bonds is 3. The molecule has 2 heterocycles. The fourth-order valence-electron chi connectivity index (χ4n) is 1.89. The number of aliphatic carboxylic acids is 1. The molecule has 21 heavy (non-hydrogen) atoms. The van der Waals surface area contributed by atoms with E-state index in [4.69, 9.17) is 10.4 Å². The molecular weight excluding hydrogens is 300 g/mol. The molecule has 9 nitrogen and oxygen atoms in total. The van der Waals surface area contributed by atoms with Gasteiger partial charge in [0.1, 0.15) is 17.0 Å². The maximum Gasteiger partial charge on any atom is 0.323 e. The molecule has 0 spiro atoms. The molecule has 1 aliphatic heterocycles. The van der Waals surface area contributed by atoms with Crippen LogP contribution in [0, 0.1) is 11.3 Å². The minimum atomic E-state index is -4.33. The molecular formula is C11H10N4O5S. The van der Waals surface area contributed by atoms with E-state index in [2.05, 4.69) is 10.3 Å². The molecule has 1 atom stereocenters. The Morgan fingerprint density at radius 1 is 1.57 bits per heavy atom. The van der Waals surface area contributed by atoms with Crippen molar-refractivity contribution in [1.82, 2.24) is 14.6 Å². The normalized spacial score (nSPS) is 19.6. The lowest BCUT2D eigenvalue weighted by atomic mass is 10.2. The van der Waals surface area contributed by atoms with Crippen LogP contribution in [-0.4, -0.2) is 53.8 Å². The molecule has 0 aliphatic carbocycles. The lowest BCUT2D eigenvalue weighted by Crippen LogP contribution is -2.59. The van der Waals surface area contributed by atoms with Crippen molar-refractivity contribution in [3.05, 3.63) is 24.0 Å². The highest BCUT2D eigenvalue weighted by Crippen LogP contribution is 2.21. The summed E-state index contributed by atoms with van der Waals surface area (Å²) in [5, 5.41) is 20.3. The Hall–Kier alpha value is -2.51. The maximum atomic E-state index is 12.5. The lowest BCUT2D eigenvalue weighted by Gasteiger charge is -2.31. The maximum absolute atomic E-state index is 12.5. The Morgan fingerprint density at radius 2 is 2.29 bits per heavy atom. The van der Waals surface area contributed by atoms with Gasteiger partial charge >= 0.3 is 5.97 Å². The van der Waals surface area contributed by atoms with Crippen molar-refractivity contribution in [3.8, 4) is 6.07 Å². The number of carboxylic acids is 1. The van der Waals surface area contributed by atoms with E-state index in [1.165, 1.54) is 12.3 Å². The molecule has 1 amide bonds. The second-order valence-corrected chi connectivity index (χ2v) is 6.03. The molecule has 1 aliphatic rings. The van der Waals surface area contributed by atoms with Crippen LogP contribution in [-0.2, 0) is 19.6 Å². The average Bonchev–Trinajstić information content (AvgIpc) is 2.46. The van der Waals surface area contributed by atoms with Gasteiger partial charge in [-0.15, -0.1) is 0 Å². The number of pyridine rings is 1. The first-order chi connectivity index (χ1) is 9.87. The number of nitrogens with one attached hydrogen (secondary N) is 1. The molecule has 0 aromatic carbocycles. The third-order valence-corrected chi connectivity index (χ3v) is 4.77. The van der Waals surface area contributed by atoms with Crippen molar-refractivity contribution in [3.63, 3.8) is 0 Å². The van der Waals surface area contributed by atoms with Crippen LogP contribution in [0.3, 0.4) is 0 Å². The van der Waals surface area contributed by atoms with Crippen molar-refractivity contribution in [2.45, 2.75) is 10.9 Å². The Balaban J connectivity index is 2.53. The number of aromatic nitrogens is 1. The molecule has 0 saturated carbocycles. The summed E-state index contributed by atoms with van der Waals surface area (Å²) in [6.07, 6.45) is 1.25. The van der Waals surface area contributed by atoms with Gasteiger partial charge < -0.3 is 10.4 Å². The van der Waals surface area contributed by atoms with Gasteiger partial charge in [0.05, 0.1) is 6.54 Å². The zero-order valence-electron chi connectivity index (χ0n) is 10.6. The summed E-state index contributed by atoms with van der Waals surface area (Å²) in [6, 6.07) is 2.66. The minimum absolute atomic E-state index is 0.338. The zero-order chi connectivity index (χ0) is 15.6. The highest BCUT2D eigenvalue weighted by atomic mass is 32.2. The molecule has 110 valence electrons. The second-order valence-electron chi connectivity index (χ2n) is 4.17. The molecule has 0 radical (unpaired) electrons. The quantitative estimate of drug-likeness (QED) is 0.694. The van der Waals surface area contributed by atoms with Crippen molar-refractivity contribution < 1.29 is 23.1 Å². The first kappa shape index (κ1) is 14.9. The van der Waals surface area contributed by atoms with Gasteiger partial charge in [-0.2, -0.15) is 9.57 Å². The predicted molar refractivity (Wildman–Crippen MR) is 67.3 cm³/mol. The van der Waals surface area contributed by atoms with E-state index in [9.17, 15) is 18.0 Å². The Labute approximate surface area is 119 Å². The molecule has 10 heteroatoms. The fourth-order valence-corrected chi connectivity index (χ4v) is 3.52. The molecule has 2 N–H and O–H groups in total. The molecule has 2 rings (SSSR count). The van der Waals surface area contributed by atoms with E-state index in [0.29, 0.717) is 4.31 Å². The number of carboxylic acid groups (broad SMARTS) is 1. The van der Waals surface area contributed by atoms with E-state index in [0.717, 1.165) is 6.07 Å². The van der Waals surface area contributed by atoms with Crippen LogP contribution < -0.4 is 5.32 Å². The Bertz CT molecular complexity index is 739. The topological polar surface area (TPSA) is 140 Å². The molecule has 1 aromatic heterocycles. The van der Waals surface area contributed by atoms with Crippen LogP contribution in [0.25, 0.3) is 0 Å². The highest BCUT2D eigenvalue weighted by Gasteiger charge is 2.41. The standard InChI is InChI=1S/C11H10N4O5S/c12-4-7-9(2-1-3-13-7)21(19,20)15-6-10(16)14-5-8(15)11(17)18/h1-3,8H,5-6H2,(H,14,16)(H,17,18). The smallest absolute Gasteiger partial charge is 0.323 e. The first-order valence-electron chi connectivity index (χ1n) is 5.74. The van der Waals surface area contributed by atoms with Gasteiger partial charge in [0, 0.05) is 12.7 Å². The van der Waals surface area contributed by atoms with Gasteiger partial charge in [0.2, 0.25) is 15.9 Å². The van der Waals surface area contributed by atoms with Crippen LogP contribution in [0.5, 0.6) is 0 Å². The summed E-state index contributed by atoms with van der Waals surface area (Å²) in [4.78, 5) is 25.8. The summed E-state index contributed by atoms with van der Waals surface area (Å²) in [7, 11) is -4.33. The average molecular weight is 310 g/mol. The first-order valence-corrected chi connectivity index (χ1v) is 7.18. The second kappa shape index (κ2) is 5.47. The predicted octanol–water partition coefficient (Wildman–Crippen LogP) is -1.47. The van der Waals surface area contributed by atoms with Crippen molar-refractivity contribution >= 4 is 21.9 Å². The monoisotopic (exact) mass is 310 g/mol. The Morgan fingerprint density at radius 3 is 2.90 bits per heavy atom. The van der Waals surface area contributed by atoms with Crippen LogP contribution >= 0.6 is 0 Å². The molecule has 1 saturated heterocycles. The number of hydrogen-bond donors (Lipinski definition) is 2. The Kier molecular flexibility index (Phi) is 3.88. The molecule has 1 aromatic rings. The fraction of sp³-hybridized carbons (Fsp3) is 0.273. The number of nitrogens with zero attached hydrogens (tertiary/aromatic N) is 3. The zero-order valence-corrected chi connectivity index (χ0v) is 11.4. The van der Waals surface area contributed by atoms with Gasteiger partial charge in [-0.3, -0.25) is 9.59 Å². The third kappa shape index (κ3) is 2.69. The highest BCUT2D eigenvalue weighted by molar-refractivity contribution is 7.89. The van der Waals surface area contributed by atoms with Crippen LogP contribution in [0.15, 0.2) is 23.2 Å². The van der Waals surface area contributed by atoms with Crippen molar-refractivity contribution in [2.75, 3.05) is 13.1 Å². The number of carbonyl (C=O) groups excluding carboxylic acids is 1. The van der Waals surface area contributed by atoms with Crippen molar-refractivity contribution in [1.29, 1.82) is 5.26 Å². The number of carbonyl (C=O) groups is 2. The van der Waals surface area contributed by atoms with Crippen molar-refractivity contribution in [2.24, 2.45) is 0 Å². The van der Waals surface area contributed by atoms with E-state index in [1.54, 1.807) is 6.07 Å². The summed E-state index contributed by atoms with van der Waals surface area (Å²) >= 11 is 0. The van der Waals surface area contributed by atoms with E-state index < -0.39 is 39.4 Å².